The van der Waals surface area contributed by atoms with Crippen molar-refractivity contribution in [3.63, 3.8) is 0 Å². The zero-order chi connectivity index (χ0) is 20.4. The van der Waals surface area contributed by atoms with E-state index in [1.807, 2.05) is 6.07 Å². The van der Waals surface area contributed by atoms with Crippen molar-refractivity contribution < 1.29 is 9.18 Å². The first kappa shape index (κ1) is 18.8. The van der Waals surface area contributed by atoms with Crippen LogP contribution in [0.1, 0.15) is 70.1 Å². The molecule has 2 saturated carbocycles. The van der Waals surface area contributed by atoms with Gasteiger partial charge in [0.2, 0.25) is 5.91 Å². The quantitative estimate of drug-likeness (QED) is 0.771. The molecule has 154 valence electrons. The molecule has 5 rings (SSSR count). The van der Waals surface area contributed by atoms with Gasteiger partial charge in [-0.05, 0) is 67.4 Å². The second-order valence-electron chi connectivity index (χ2n) is 10.3. The average Bonchev–Trinajstić information content (AvgIpc) is 3.34. The van der Waals surface area contributed by atoms with E-state index >= 15 is 0 Å². The van der Waals surface area contributed by atoms with Crippen molar-refractivity contribution in [1.29, 1.82) is 0 Å². The highest BCUT2D eigenvalue weighted by Crippen LogP contribution is 2.62. The molecule has 3 aliphatic rings. The van der Waals surface area contributed by atoms with Gasteiger partial charge < -0.3 is 5.32 Å². The predicted molar refractivity (Wildman–Crippen MR) is 111 cm³/mol. The summed E-state index contributed by atoms with van der Waals surface area (Å²) in [6, 6.07) is 6.76. The molecule has 4 nitrogen and oxygen atoms in total. The number of hydrogen-bond donors (Lipinski definition) is 2. The number of benzene rings is 1. The molecule has 2 N–H and O–H groups in total. The van der Waals surface area contributed by atoms with E-state index in [9.17, 15) is 9.18 Å². The van der Waals surface area contributed by atoms with Crippen molar-refractivity contribution in [1.82, 2.24) is 15.5 Å². The molecule has 1 heterocycles. The van der Waals surface area contributed by atoms with Gasteiger partial charge in [0.15, 0.2) is 0 Å². The Labute approximate surface area is 171 Å². The van der Waals surface area contributed by atoms with Crippen LogP contribution in [-0.4, -0.2) is 22.1 Å². The van der Waals surface area contributed by atoms with Gasteiger partial charge in [-0.2, -0.15) is 5.10 Å². The molecule has 5 heteroatoms. The normalized spacial score (nSPS) is 32.2. The van der Waals surface area contributed by atoms with Crippen LogP contribution >= 0.6 is 0 Å². The molecule has 2 fully saturated rings. The predicted octanol–water partition coefficient (Wildman–Crippen LogP) is 4.97. The Bertz CT molecular complexity index is 960. The average molecular weight is 396 g/mol. The van der Waals surface area contributed by atoms with E-state index in [0.29, 0.717) is 5.92 Å². The molecule has 3 unspecified atom stereocenters. The Balaban J connectivity index is 1.42. The lowest BCUT2D eigenvalue weighted by Crippen LogP contribution is -2.53. The fraction of sp³-hybridized carbons (Fsp3) is 0.583. The van der Waals surface area contributed by atoms with E-state index in [2.05, 4.69) is 36.3 Å². The van der Waals surface area contributed by atoms with Crippen molar-refractivity contribution in [2.45, 2.75) is 71.3 Å². The lowest BCUT2D eigenvalue weighted by molar-refractivity contribution is -0.125. The minimum atomic E-state index is -0.267. The van der Waals surface area contributed by atoms with Crippen LogP contribution in [0.3, 0.4) is 0 Å². The smallest absolute Gasteiger partial charge is 0.229 e. The molecule has 1 aromatic heterocycles. The van der Waals surface area contributed by atoms with Gasteiger partial charge in [0.25, 0.3) is 0 Å². The van der Waals surface area contributed by atoms with E-state index < -0.39 is 0 Å². The lowest BCUT2D eigenvalue weighted by Gasteiger charge is -2.43. The molecule has 2 bridgehead atoms. The third kappa shape index (κ3) is 2.84. The highest BCUT2D eigenvalue weighted by molar-refractivity contribution is 5.85. The number of fused-ring (bicyclic) bond motifs is 3. The van der Waals surface area contributed by atoms with Crippen molar-refractivity contribution in [3.05, 3.63) is 41.3 Å². The lowest BCUT2D eigenvalue weighted by atomic mass is 9.68. The van der Waals surface area contributed by atoms with Crippen molar-refractivity contribution in [2.75, 3.05) is 0 Å². The largest absolute Gasteiger partial charge is 0.352 e. The Morgan fingerprint density at radius 3 is 2.83 bits per heavy atom. The molecule has 2 aromatic rings. The topological polar surface area (TPSA) is 57.8 Å². The van der Waals surface area contributed by atoms with Crippen molar-refractivity contribution in [3.8, 4) is 11.3 Å². The summed E-state index contributed by atoms with van der Waals surface area (Å²) in [5.74, 6) is 0.349. The van der Waals surface area contributed by atoms with Gasteiger partial charge >= 0.3 is 0 Å². The second kappa shape index (κ2) is 6.41. The van der Waals surface area contributed by atoms with Crippen LogP contribution in [0, 0.1) is 22.6 Å². The van der Waals surface area contributed by atoms with Gasteiger partial charge in [-0.1, -0.05) is 32.9 Å². The van der Waals surface area contributed by atoms with E-state index in [4.69, 9.17) is 0 Å². The Kier molecular flexibility index (Phi) is 4.17. The molecule has 0 saturated heterocycles. The minimum Gasteiger partial charge on any atom is -0.352 e. The van der Waals surface area contributed by atoms with Gasteiger partial charge in [0.05, 0.1) is 17.3 Å². The summed E-state index contributed by atoms with van der Waals surface area (Å²) < 4.78 is 13.7. The number of halogens is 1. The summed E-state index contributed by atoms with van der Waals surface area (Å²) in [7, 11) is 0. The number of aromatic nitrogens is 2. The highest BCUT2D eigenvalue weighted by atomic mass is 19.1. The first-order chi connectivity index (χ1) is 13.8. The van der Waals surface area contributed by atoms with Gasteiger partial charge in [0.1, 0.15) is 5.82 Å². The summed E-state index contributed by atoms with van der Waals surface area (Å²) in [4.78, 5) is 13.4. The maximum atomic E-state index is 13.7. The second-order valence-corrected chi connectivity index (χ2v) is 10.3. The number of nitrogens with one attached hydrogen (secondary N) is 2. The van der Waals surface area contributed by atoms with Crippen LogP contribution in [0.15, 0.2) is 24.3 Å². The number of H-pyrrole nitrogens is 1. The number of rotatable bonds is 3. The van der Waals surface area contributed by atoms with E-state index in [-0.39, 0.29) is 34.5 Å². The van der Waals surface area contributed by atoms with Gasteiger partial charge in [-0.3, -0.25) is 9.89 Å². The molecule has 0 spiro atoms. The first-order valence-electron chi connectivity index (χ1n) is 10.9. The number of carbonyl (C=O) groups is 1. The van der Waals surface area contributed by atoms with Gasteiger partial charge in [-0.25, -0.2) is 4.39 Å². The SMILES string of the molecule is CC12CCC(C1)C(C)(C)[C@H]2NC(=O)C1CCCc2c(-c3cccc(F)c3)n[nH]c21. The maximum Gasteiger partial charge on any atom is 0.229 e. The molecule has 4 atom stereocenters. The fourth-order valence-electron chi connectivity index (χ4n) is 6.59. The summed E-state index contributed by atoms with van der Waals surface area (Å²) in [6.45, 7) is 6.98. The molecule has 1 amide bonds. The van der Waals surface area contributed by atoms with Crippen molar-refractivity contribution >= 4 is 5.91 Å². The fourth-order valence-corrected chi connectivity index (χ4v) is 6.59. The van der Waals surface area contributed by atoms with Gasteiger partial charge in [-0.15, -0.1) is 0 Å². The molecular formula is C24H30FN3O. The van der Waals surface area contributed by atoms with Crippen LogP contribution in [-0.2, 0) is 11.2 Å². The maximum absolute atomic E-state index is 13.7. The number of aromatic amines is 1. The summed E-state index contributed by atoms with van der Waals surface area (Å²) in [5.41, 5.74) is 3.89. The van der Waals surface area contributed by atoms with Crippen LogP contribution in [0.2, 0.25) is 0 Å². The van der Waals surface area contributed by atoms with Crippen LogP contribution in [0.4, 0.5) is 4.39 Å². The van der Waals surface area contributed by atoms with Gasteiger partial charge in [0, 0.05) is 17.2 Å². The zero-order valence-corrected chi connectivity index (χ0v) is 17.5. The van der Waals surface area contributed by atoms with Crippen molar-refractivity contribution in [2.24, 2.45) is 16.7 Å². The highest BCUT2D eigenvalue weighted by Gasteiger charge is 2.60. The Morgan fingerprint density at radius 2 is 2.10 bits per heavy atom. The zero-order valence-electron chi connectivity index (χ0n) is 17.5. The molecular weight excluding hydrogens is 365 g/mol. The molecule has 0 radical (unpaired) electrons. The molecule has 1 aromatic carbocycles. The Hall–Kier alpha value is -2.17. The number of carbonyl (C=O) groups excluding carboxylic acids is 1. The summed E-state index contributed by atoms with van der Waals surface area (Å²) in [5, 5.41) is 11.1. The number of amides is 1. The number of hydrogen-bond acceptors (Lipinski definition) is 2. The van der Waals surface area contributed by atoms with Crippen LogP contribution in [0.5, 0.6) is 0 Å². The van der Waals surface area contributed by atoms with E-state index in [1.54, 1.807) is 6.07 Å². The summed E-state index contributed by atoms with van der Waals surface area (Å²) in [6.07, 6.45) is 6.35. The summed E-state index contributed by atoms with van der Waals surface area (Å²) >= 11 is 0. The third-order valence-corrected chi connectivity index (χ3v) is 8.14. The number of nitrogens with zero attached hydrogens (tertiary/aromatic N) is 1. The monoisotopic (exact) mass is 395 g/mol. The standard InChI is InChI=1S/C24H30FN3O/c1-23(2)15-10-11-24(3,13-15)22(23)26-21(29)18-9-5-8-17-19(27-28-20(17)18)14-6-4-7-16(25)12-14/h4,6-7,12,15,18,22H,5,8-11,13H2,1-3H3,(H,26,29)(H,27,28)/t15?,18?,22-,24?/m1/s1. The van der Waals surface area contributed by atoms with E-state index in [0.717, 1.165) is 41.8 Å². The molecule has 3 aliphatic carbocycles. The molecule has 0 aliphatic heterocycles. The first-order valence-corrected chi connectivity index (χ1v) is 10.9. The Morgan fingerprint density at radius 1 is 1.28 bits per heavy atom. The van der Waals surface area contributed by atoms with Crippen LogP contribution < -0.4 is 5.32 Å². The van der Waals surface area contributed by atoms with E-state index in [1.165, 1.54) is 31.4 Å². The molecule has 29 heavy (non-hydrogen) atoms. The third-order valence-electron chi connectivity index (χ3n) is 8.14. The minimum absolute atomic E-state index is 0.118. The van der Waals surface area contributed by atoms with Crippen LogP contribution in [0.25, 0.3) is 11.3 Å².